The number of aliphatic hydroxyl groups is 1. The zero-order valence-corrected chi connectivity index (χ0v) is 22.5. The Balaban J connectivity index is 1.41. The lowest BCUT2D eigenvalue weighted by molar-refractivity contribution is -0.329. The molecule has 1 aliphatic heterocycles. The summed E-state index contributed by atoms with van der Waals surface area (Å²) in [5, 5.41) is 10.4. The van der Waals surface area contributed by atoms with Crippen LogP contribution < -0.4 is 0 Å². The molecule has 0 spiro atoms. The molecule has 4 aromatic carbocycles. The van der Waals surface area contributed by atoms with Crippen molar-refractivity contribution in [2.45, 2.75) is 57.1 Å². The first-order chi connectivity index (χ1) is 19.8. The molecule has 6 heteroatoms. The van der Waals surface area contributed by atoms with E-state index in [0.717, 1.165) is 22.3 Å². The summed E-state index contributed by atoms with van der Waals surface area (Å²) >= 11 is 0. The van der Waals surface area contributed by atoms with E-state index in [0.29, 0.717) is 26.4 Å². The second-order valence-electron chi connectivity index (χ2n) is 9.81. The van der Waals surface area contributed by atoms with Gasteiger partial charge in [0.05, 0.1) is 33.0 Å². The summed E-state index contributed by atoms with van der Waals surface area (Å²) in [5.74, 6) is 0. The number of ether oxygens (including phenoxy) is 5. The zero-order valence-electron chi connectivity index (χ0n) is 22.5. The third-order valence-corrected chi connectivity index (χ3v) is 6.88. The third-order valence-electron chi connectivity index (χ3n) is 6.88. The van der Waals surface area contributed by atoms with E-state index in [2.05, 4.69) is 0 Å². The molecule has 0 aliphatic carbocycles. The molecular weight excluding hydrogens is 504 g/mol. The van der Waals surface area contributed by atoms with Crippen LogP contribution in [0.15, 0.2) is 121 Å². The van der Waals surface area contributed by atoms with Gasteiger partial charge >= 0.3 is 0 Å². The van der Waals surface area contributed by atoms with Gasteiger partial charge in [0.2, 0.25) is 0 Å². The van der Waals surface area contributed by atoms with Gasteiger partial charge in [-0.05, 0) is 22.3 Å². The Kier molecular flexibility index (Phi) is 10.5. The first-order valence-corrected chi connectivity index (χ1v) is 13.7. The van der Waals surface area contributed by atoms with Crippen LogP contribution in [0, 0.1) is 0 Å². The highest BCUT2D eigenvalue weighted by molar-refractivity contribution is 5.16. The average molecular weight is 541 g/mol. The van der Waals surface area contributed by atoms with Crippen molar-refractivity contribution in [3.8, 4) is 0 Å². The van der Waals surface area contributed by atoms with Gasteiger partial charge in [0.25, 0.3) is 0 Å². The molecule has 208 valence electrons. The SMILES string of the molecule is OCC1O[C@@H](OCc2ccccc2)[C@@H](OCc2ccccc2)[C@@H](OCc2ccccc2)[C@@H]1OCc1ccccc1. The summed E-state index contributed by atoms with van der Waals surface area (Å²) in [6, 6.07) is 39.8. The molecule has 0 radical (unpaired) electrons. The molecule has 0 saturated carbocycles. The Morgan fingerprint density at radius 1 is 0.450 bits per heavy atom. The fraction of sp³-hybridized carbons (Fsp3) is 0.294. The van der Waals surface area contributed by atoms with E-state index in [1.807, 2.05) is 121 Å². The molecule has 1 N–H and O–H groups in total. The Morgan fingerprint density at radius 2 is 0.800 bits per heavy atom. The predicted octanol–water partition coefficient (Wildman–Crippen LogP) is 5.68. The van der Waals surface area contributed by atoms with E-state index >= 15 is 0 Å². The van der Waals surface area contributed by atoms with Crippen LogP contribution >= 0.6 is 0 Å². The van der Waals surface area contributed by atoms with E-state index in [4.69, 9.17) is 23.7 Å². The normalized spacial score (nSPS) is 22.7. The lowest BCUT2D eigenvalue weighted by Crippen LogP contribution is -2.61. The Labute approximate surface area is 236 Å². The predicted molar refractivity (Wildman–Crippen MR) is 152 cm³/mol. The van der Waals surface area contributed by atoms with Gasteiger partial charge in [-0.2, -0.15) is 0 Å². The van der Waals surface area contributed by atoms with Crippen LogP contribution in [0.3, 0.4) is 0 Å². The van der Waals surface area contributed by atoms with Crippen molar-refractivity contribution in [3.05, 3.63) is 144 Å². The Morgan fingerprint density at radius 3 is 1.20 bits per heavy atom. The van der Waals surface area contributed by atoms with Gasteiger partial charge in [-0.25, -0.2) is 0 Å². The second kappa shape index (κ2) is 14.9. The van der Waals surface area contributed by atoms with Gasteiger partial charge in [0, 0.05) is 0 Å². The fourth-order valence-electron chi connectivity index (χ4n) is 4.78. The lowest BCUT2D eigenvalue weighted by atomic mass is 9.97. The fourth-order valence-corrected chi connectivity index (χ4v) is 4.78. The van der Waals surface area contributed by atoms with E-state index in [1.54, 1.807) is 0 Å². The first kappa shape index (κ1) is 28.2. The third kappa shape index (κ3) is 7.86. The van der Waals surface area contributed by atoms with Crippen molar-refractivity contribution in [1.82, 2.24) is 0 Å². The summed E-state index contributed by atoms with van der Waals surface area (Å²) in [6.45, 7) is 1.13. The van der Waals surface area contributed by atoms with Crippen molar-refractivity contribution >= 4 is 0 Å². The minimum Gasteiger partial charge on any atom is -0.394 e. The number of aliphatic hydroxyl groups excluding tert-OH is 1. The second-order valence-corrected chi connectivity index (χ2v) is 9.81. The number of hydrogen-bond donors (Lipinski definition) is 1. The van der Waals surface area contributed by atoms with E-state index in [-0.39, 0.29) is 6.61 Å². The minimum atomic E-state index is -0.779. The summed E-state index contributed by atoms with van der Waals surface area (Å²) in [6.07, 6.45) is -3.22. The quantitative estimate of drug-likeness (QED) is 0.236. The maximum absolute atomic E-state index is 10.4. The van der Waals surface area contributed by atoms with Crippen LogP contribution in [-0.4, -0.2) is 42.4 Å². The maximum atomic E-state index is 10.4. The molecule has 1 heterocycles. The van der Waals surface area contributed by atoms with Crippen molar-refractivity contribution < 1.29 is 28.8 Å². The Bertz CT molecular complexity index is 1240. The van der Waals surface area contributed by atoms with Crippen molar-refractivity contribution in [3.63, 3.8) is 0 Å². The van der Waals surface area contributed by atoms with Gasteiger partial charge in [-0.15, -0.1) is 0 Å². The van der Waals surface area contributed by atoms with E-state index < -0.39 is 30.7 Å². The molecule has 5 atom stereocenters. The molecule has 1 aliphatic rings. The lowest BCUT2D eigenvalue weighted by Gasteiger charge is -2.45. The number of benzene rings is 4. The van der Waals surface area contributed by atoms with Crippen LogP contribution in [0.4, 0.5) is 0 Å². The summed E-state index contributed by atoms with van der Waals surface area (Å²) < 4.78 is 32.1. The molecule has 6 nitrogen and oxygen atoms in total. The van der Waals surface area contributed by atoms with Crippen molar-refractivity contribution in [1.29, 1.82) is 0 Å². The summed E-state index contributed by atoms with van der Waals surface area (Å²) in [7, 11) is 0. The molecule has 0 amide bonds. The van der Waals surface area contributed by atoms with Crippen molar-refractivity contribution in [2.24, 2.45) is 0 Å². The summed E-state index contributed by atoms with van der Waals surface area (Å²) in [4.78, 5) is 0. The van der Waals surface area contributed by atoms with Gasteiger partial charge in [0.15, 0.2) is 6.29 Å². The molecular formula is C34H36O6. The zero-order chi connectivity index (χ0) is 27.4. The number of hydrogen-bond acceptors (Lipinski definition) is 6. The van der Waals surface area contributed by atoms with Crippen LogP contribution in [0.1, 0.15) is 22.3 Å². The highest BCUT2D eigenvalue weighted by Gasteiger charge is 2.48. The largest absolute Gasteiger partial charge is 0.394 e. The van der Waals surface area contributed by atoms with Crippen molar-refractivity contribution in [2.75, 3.05) is 6.61 Å². The van der Waals surface area contributed by atoms with Gasteiger partial charge < -0.3 is 28.8 Å². The van der Waals surface area contributed by atoms with Gasteiger partial charge in [-0.1, -0.05) is 121 Å². The molecule has 1 unspecified atom stereocenters. The Hall–Kier alpha value is -3.36. The average Bonchev–Trinajstić information content (AvgIpc) is 3.03. The highest BCUT2D eigenvalue weighted by atomic mass is 16.7. The van der Waals surface area contributed by atoms with Gasteiger partial charge in [-0.3, -0.25) is 0 Å². The highest BCUT2D eigenvalue weighted by Crippen LogP contribution is 2.31. The molecule has 5 rings (SSSR count). The standard InChI is InChI=1S/C34H36O6/c35-21-30-31(36-22-26-13-5-1-6-14-26)32(37-23-27-15-7-2-8-16-27)33(38-24-28-17-9-3-10-18-28)34(40-30)39-25-29-19-11-4-12-20-29/h1-20,30-35H,21-25H2/t30?,31-,32+,33+,34-/m1/s1. The maximum Gasteiger partial charge on any atom is 0.187 e. The molecule has 0 bridgehead atoms. The first-order valence-electron chi connectivity index (χ1n) is 13.7. The molecule has 40 heavy (non-hydrogen) atoms. The molecule has 1 saturated heterocycles. The molecule has 1 fully saturated rings. The van der Waals surface area contributed by atoms with Gasteiger partial charge in [0.1, 0.15) is 24.4 Å². The minimum absolute atomic E-state index is 0.249. The summed E-state index contributed by atoms with van der Waals surface area (Å²) in [5.41, 5.74) is 4.08. The topological polar surface area (TPSA) is 66.4 Å². The van der Waals surface area contributed by atoms with Crippen LogP contribution in [0.2, 0.25) is 0 Å². The van der Waals surface area contributed by atoms with Crippen LogP contribution in [0.5, 0.6) is 0 Å². The molecule has 0 aromatic heterocycles. The van der Waals surface area contributed by atoms with Crippen LogP contribution in [0.25, 0.3) is 0 Å². The van der Waals surface area contributed by atoms with E-state index in [1.165, 1.54) is 0 Å². The monoisotopic (exact) mass is 540 g/mol. The van der Waals surface area contributed by atoms with Crippen LogP contribution in [-0.2, 0) is 50.1 Å². The van der Waals surface area contributed by atoms with E-state index in [9.17, 15) is 5.11 Å². The smallest absolute Gasteiger partial charge is 0.187 e. The number of rotatable bonds is 13. The molecule has 4 aromatic rings.